The first-order valence-electron chi connectivity index (χ1n) is 7.85. The SMILES string of the molecule is CCOC(=O)c1cc2c(C(C#N)c3ccc(OC)cc3)nc(N)nc2s1. The molecule has 132 valence electrons. The summed E-state index contributed by atoms with van der Waals surface area (Å²) in [6, 6.07) is 11.1. The number of rotatable bonds is 5. The summed E-state index contributed by atoms with van der Waals surface area (Å²) in [4.78, 5) is 21.4. The van der Waals surface area contributed by atoms with E-state index in [9.17, 15) is 10.1 Å². The molecule has 2 aromatic heterocycles. The van der Waals surface area contributed by atoms with Crippen LogP contribution in [0.3, 0.4) is 0 Å². The zero-order valence-electron chi connectivity index (χ0n) is 14.2. The number of nitrogens with zero attached hydrogens (tertiary/aromatic N) is 3. The van der Waals surface area contributed by atoms with Crippen molar-refractivity contribution in [1.29, 1.82) is 5.26 Å². The lowest BCUT2D eigenvalue weighted by atomic mass is 9.95. The molecule has 1 unspecified atom stereocenters. The number of methoxy groups -OCH3 is 1. The molecule has 3 aromatic rings. The van der Waals surface area contributed by atoms with Crippen LogP contribution in [-0.2, 0) is 4.74 Å². The highest BCUT2D eigenvalue weighted by atomic mass is 32.1. The largest absolute Gasteiger partial charge is 0.497 e. The Kier molecular flexibility index (Phi) is 5.00. The van der Waals surface area contributed by atoms with Crippen molar-refractivity contribution >= 4 is 33.5 Å². The maximum atomic E-state index is 12.0. The number of carbonyl (C=O) groups excluding carboxylic acids is 1. The number of esters is 1. The van der Waals surface area contributed by atoms with Crippen molar-refractivity contribution in [3.05, 3.63) is 46.5 Å². The monoisotopic (exact) mass is 368 g/mol. The van der Waals surface area contributed by atoms with Crippen molar-refractivity contribution in [2.24, 2.45) is 0 Å². The zero-order valence-corrected chi connectivity index (χ0v) is 15.0. The van der Waals surface area contributed by atoms with Crippen LogP contribution in [0.15, 0.2) is 30.3 Å². The number of nitriles is 1. The lowest BCUT2D eigenvalue weighted by Gasteiger charge is -2.11. The van der Waals surface area contributed by atoms with Crippen molar-refractivity contribution in [2.75, 3.05) is 19.5 Å². The van der Waals surface area contributed by atoms with E-state index < -0.39 is 11.9 Å². The Morgan fingerprint density at radius 3 is 2.69 bits per heavy atom. The average Bonchev–Trinajstić information content (AvgIpc) is 3.07. The minimum Gasteiger partial charge on any atom is -0.497 e. The molecule has 0 aliphatic rings. The van der Waals surface area contributed by atoms with Crippen LogP contribution < -0.4 is 10.5 Å². The van der Waals surface area contributed by atoms with Crippen molar-refractivity contribution in [1.82, 2.24) is 9.97 Å². The van der Waals surface area contributed by atoms with Gasteiger partial charge < -0.3 is 15.2 Å². The van der Waals surface area contributed by atoms with Gasteiger partial charge >= 0.3 is 5.97 Å². The van der Waals surface area contributed by atoms with Crippen molar-refractivity contribution < 1.29 is 14.3 Å². The van der Waals surface area contributed by atoms with Gasteiger partial charge in [-0.1, -0.05) is 12.1 Å². The number of fused-ring (bicyclic) bond motifs is 1. The first-order valence-corrected chi connectivity index (χ1v) is 8.66. The highest BCUT2D eigenvalue weighted by molar-refractivity contribution is 7.20. The van der Waals surface area contributed by atoms with E-state index in [-0.39, 0.29) is 12.6 Å². The summed E-state index contributed by atoms with van der Waals surface area (Å²) in [5.41, 5.74) is 7.04. The predicted molar refractivity (Wildman–Crippen MR) is 98.2 cm³/mol. The molecule has 2 heterocycles. The first-order chi connectivity index (χ1) is 12.6. The van der Waals surface area contributed by atoms with E-state index in [1.165, 1.54) is 11.3 Å². The second kappa shape index (κ2) is 7.37. The van der Waals surface area contributed by atoms with Crippen LogP contribution in [0.1, 0.15) is 33.8 Å². The molecule has 0 fully saturated rings. The molecule has 0 aliphatic carbocycles. The van der Waals surface area contributed by atoms with Gasteiger partial charge in [0.1, 0.15) is 21.4 Å². The fourth-order valence-electron chi connectivity index (χ4n) is 2.57. The first kappa shape index (κ1) is 17.6. The van der Waals surface area contributed by atoms with E-state index >= 15 is 0 Å². The number of aromatic nitrogens is 2. The molecule has 1 aromatic carbocycles. The Morgan fingerprint density at radius 1 is 1.35 bits per heavy atom. The number of anilines is 1. The molecule has 26 heavy (non-hydrogen) atoms. The van der Waals surface area contributed by atoms with Crippen LogP contribution in [0.4, 0.5) is 5.95 Å². The fourth-order valence-corrected chi connectivity index (χ4v) is 3.51. The summed E-state index contributed by atoms with van der Waals surface area (Å²) in [7, 11) is 1.58. The summed E-state index contributed by atoms with van der Waals surface area (Å²) in [6.45, 7) is 2.02. The van der Waals surface area contributed by atoms with Crippen molar-refractivity contribution in [3.63, 3.8) is 0 Å². The quantitative estimate of drug-likeness (QED) is 0.689. The average molecular weight is 368 g/mol. The third kappa shape index (κ3) is 3.30. The Bertz CT molecular complexity index is 992. The van der Waals surface area contributed by atoms with Gasteiger partial charge in [-0.2, -0.15) is 5.26 Å². The standard InChI is InChI=1S/C18H16N4O3S/c1-3-25-17(23)14-8-12-15(21-18(20)22-16(12)26-14)13(9-19)10-4-6-11(24-2)7-5-10/h4-8,13H,3H2,1-2H3,(H2,20,21,22). The molecule has 7 nitrogen and oxygen atoms in total. The molecular weight excluding hydrogens is 352 g/mol. The molecule has 2 N–H and O–H groups in total. The molecule has 0 bridgehead atoms. The van der Waals surface area contributed by atoms with Crippen molar-refractivity contribution in [2.45, 2.75) is 12.8 Å². The van der Waals surface area contributed by atoms with Crippen LogP contribution >= 0.6 is 11.3 Å². The summed E-state index contributed by atoms with van der Waals surface area (Å²) in [6.07, 6.45) is 0. The Labute approximate surface area is 154 Å². The highest BCUT2D eigenvalue weighted by Gasteiger charge is 2.23. The third-order valence-corrected chi connectivity index (χ3v) is 4.78. The summed E-state index contributed by atoms with van der Waals surface area (Å²) in [5, 5.41) is 10.4. The van der Waals surface area contributed by atoms with Crippen LogP contribution in [0.25, 0.3) is 10.2 Å². The van der Waals surface area contributed by atoms with Gasteiger partial charge in [0, 0.05) is 5.39 Å². The van der Waals surface area contributed by atoms with E-state index in [1.807, 2.05) is 0 Å². The Balaban J connectivity index is 2.12. The summed E-state index contributed by atoms with van der Waals surface area (Å²) in [5.74, 6) is -0.340. The normalized spacial score (nSPS) is 11.7. The lowest BCUT2D eigenvalue weighted by molar-refractivity contribution is 0.0532. The van der Waals surface area contributed by atoms with Gasteiger partial charge in [-0.3, -0.25) is 0 Å². The van der Waals surface area contributed by atoms with E-state index in [2.05, 4.69) is 16.0 Å². The maximum Gasteiger partial charge on any atom is 0.348 e. The van der Waals surface area contributed by atoms with Gasteiger partial charge in [0.2, 0.25) is 5.95 Å². The molecule has 0 saturated heterocycles. The van der Waals surface area contributed by atoms with Gasteiger partial charge in [-0.15, -0.1) is 11.3 Å². The number of nitrogen functional groups attached to an aromatic ring is 1. The molecule has 3 rings (SSSR count). The highest BCUT2D eigenvalue weighted by Crippen LogP contribution is 2.34. The van der Waals surface area contributed by atoms with Gasteiger partial charge in [0.25, 0.3) is 0 Å². The summed E-state index contributed by atoms with van der Waals surface area (Å²) >= 11 is 1.17. The van der Waals surface area contributed by atoms with Gasteiger partial charge in [0.15, 0.2) is 0 Å². The van der Waals surface area contributed by atoms with Gasteiger partial charge in [-0.25, -0.2) is 14.8 Å². The minimum atomic E-state index is -0.654. The predicted octanol–water partition coefficient (Wildman–Crippen LogP) is 3.11. The second-order valence-corrected chi connectivity index (χ2v) is 6.38. The van der Waals surface area contributed by atoms with Crippen LogP contribution in [-0.4, -0.2) is 29.7 Å². The van der Waals surface area contributed by atoms with E-state index in [0.29, 0.717) is 26.5 Å². The number of ether oxygens (including phenoxy) is 2. The van der Waals surface area contributed by atoms with Gasteiger partial charge in [0.05, 0.1) is 25.5 Å². The third-order valence-electron chi connectivity index (χ3n) is 3.77. The van der Waals surface area contributed by atoms with Crippen molar-refractivity contribution in [3.8, 4) is 11.8 Å². The number of nitrogens with two attached hydrogens (primary N) is 1. The molecule has 0 radical (unpaired) electrons. The minimum absolute atomic E-state index is 0.0542. The molecule has 0 aliphatic heterocycles. The molecular formula is C18H16N4O3S. The summed E-state index contributed by atoms with van der Waals surface area (Å²) < 4.78 is 10.2. The van der Waals surface area contributed by atoms with Crippen LogP contribution in [0.2, 0.25) is 0 Å². The maximum absolute atomic E-state index is 12.0. The lowest BCUT2D eigenvalue weighted by Crippen LogP contribution is -2.05. The van der Waals surface area contributed by atoms with E-state index in [1.54, 1.807) is 44.4 Å². The van der Waals surface area contributed by atoms with E-state index in [0.717, 1.165) is 5.56 Å². The number of thiophene rings is 1. The molecule has 0 spiro atoms. The number of carbonyl (C=O) groups is 1. The molecule has 0 amide bonds. The smallest absolute Gasteiger partial charge is 0.348 e. The Morgan fingerprint density at radius 2 is 2.08 bits per heavy atom. The second-order valence-electron chi connectivity index (χ2n) is 5.35. The Hall–Kier alpha value is -3.18. The topological polar surface area (TPSA) is 111 Å². The van der Waals surface area contributed by atoms with Crippen LogP contribution in [0, 0.1) is 11.3 Å². The number of hydrogen-bond donors (Lipinski definition) is 1. The molecule has 1 atom stereocenters. The molecule has 0 saturated carbocycles. The fraction of sp³-hybridized carbons (Fsp3) is 0.222. The number of benzene rings is 1. The zero-order chi connectivity index (χ0) is 18.7. The number of hydrogen-bond acceptors (Lipinski definition) is 8. The molecule has 8 heteroatoms. The van der Waals surface area contributed by atoms with Crippen LogP contribution in [0.5, 0.6) is 5.75 Å². The van der Waals surface area contributed by atoms with Gasteiger partial charge in [-0.05, 0) is 30.7 Å². The van der Waals surface area contributed by atoms with E-state index in [4.69, 9.17) is 15.2 Å².